The maximum atomic E-state index is 13.8. The number of hydrogen-bond donors (Lipinski definition) is 2. The quantitative estimate of drug-likeness (QED) is 0.432. The second kappa shape index (κ2) is 12.9. The van der Waals surface area contributed by atoms with Crippen LogP contribution in [0.3, 0.4) is 0 Å². The third kappa shape index (κ3) is 7.22. The Labute approximate surface area is 228 Å². The van der Waals surface area contributed by atoms with Crippen molar-refractivity contribution in [1.82, 2.24) is 25.7 Å². The number of carbonyl (C=O) groups excluding carboxylic acids is 3. The largest absolute Gasteiger partial charge is 0.408 e. The molecular formula is C28H39N5O4S. The monoisotopic (exact) mass is 541 g/mol. The Balaban J connectivity index is 1.47. The highest BCUT2D eigenvalue weighted by atomic mass is 32.2. The number of thioether (sulfide) groups is 1. The number of likely N-dealkylation sites (tertiary alicyclic amines) is 1. The maximum Gasteiger partial charge on any atom is 0.286 e. The van der Waals surface area contributed by atoms with Gasteiger partial charge in [0.2, 0.25) is 11.7 Å². The van der Waals surface area contributed by atoms with Crippen molar-refractivity contribution in [1.29, 1.82) is 0 Å². The Morgan fingerprint density at radius 1 is 1.08 bits per heavy atom. The number of Topliss-reactive ketones (excluding diaryl/α,β-unsaturated/α-hetero) is 1. The maximum absolute atomic E-state index is 13.8. The molecule has 1 aromatic carbocycles. The van der Waals surface area contributed by atoms with E-state index in [1.807, 2.05) is 19.9 Å². The molecule has 0 radical (unpaired) electrons. The minimum absolute atomic E-state index is 0.0857. The van der Waals surface area contributed by atoms with Crippen LogP contribution in [0.2, 0.25) is 0 Å². The molecule has 0 spiro atoms. The van der Waals surface area contributed by atoms with Gasteiger partial charge in [0, 0.05) is 10.8 Å². The van der Waals surface area contributed by atoms with Crippen molar-refractivity contribution in [2.24, 2.45) is 5.92 Å². The summed E-state index contributed by atoms with van der Waals surface area (Å²) < 4.78 is 5.77. The van der Waals surface area contributed by atoms with Gasteiger partial charge in [-0.2, -0.15) is 0 Å². The van der Waals surface area contributed by atoms with E-state index in [0.717, 1.165) is 45.2 Å². The molecule has 1 aliphatic heterocycles. The minimum Gasteiger partial charge on any atom is -0.408 e. The Bertz CT molecular complexity index is 1090. The zero-order valence-electron chi connectivity index (χ0n) is 22.6. The van der Waals surface area contributed by atoms with E-state index in [0.29, 0.717) is 35.3 Å². The third-order valence-electron chi connectivity index (χ3n) is 7.41. The number of piperidine rings is 1. The summed E-state index contributed by atoms with van der Waals surface area (Å²) in [5.74, 6) is -0.961. The van der Waals surface area contributed by atoms with Gasteiger partial charge >= 0.3 is 0 Å². The molecule has 38 heavy (non-hydrogen) atoms. The molecule has 1 atom stereocenters. The Morgan fingerprint density at radius 3 is 2.42 bits per heavy atom. The SMILES string of the molecule is CC(C)CC(NC(=O)C1(NC(=O)c2ccccc2)CCCCC1)C(=O)c1nnc(SC2CCN(C)CC2)o1. The molecule has 206 valence electrons. The van der Waals surface area contributed by atoms with Crippen molar-refractivity contribution < 1.29 is 18.8 Å². The molecule has 10 heteroatoms. The lowest BCUT2D eigenvalue weighted by Crippen LogP contribution is -2.62. The molecule has 2 aromatic rings. The molecule has 9 nitrogen and oxygen atoms in total. The van der Waals surface area contributed by atoms with Crippen LogP contribution in [0, 0.1) is 5.92 Å². The molecule has 1 saturated heterocycles. The van der Waals surface area contributed by atoms with Gasteiger partial charge in [0.15, 0.2) is 0 Å². The molecular weight excluding hydrogens is 502 g/mol. The van der Waals surface area contributed by atoms with Crippen LogP contribution in [-0.4, -0.2) is 69.7 Å². The van der Waals surface area contributed by atoms with E-state index in [-0.39, 0.29) is 23.6 Å². The molecule has 1 unspecified atom stereocenters. The molecule has 1 aromatic heterocycles. The van der Waals surface area contributed by atoms with Crippen LogP contribution in [0.25, 0.3) is 0 Å². The molecule has 2 amide bonds. The second-order valence-electron chi connectivity index (χ2n) is 11.0. The minimum atomic E-state index is -1.06. The molecule has 2 fully saturated rings. The average molecular weight is 542 g/mol. The summed E-state index contributed by atoms with van der Waals surface area (Å²) in [6, 6.07) is 8.07. The number of benzene rings is 1. The van der Waals surface area contributed by atoms with E-state index in [2.05, 4.69) is 32.8 Å². The van der Waals surface area contributed by atoms with Crippen molar-refractivity contribution in [2.45, 2.75) is 87.3 Å². The highest BCUT2D eigenvalue weighted by Gasteiger charge is 2.43. The Kier molecular flexibility index (Phi) is 9.59. The van der Waals surface area contributed by atoms with Crippen LogP contribution in [0.1, 0.15) is 86.3 Å². The summed E-state index contributed by atoms with van der Waals surface area (Å²) in [6.07, 6.45) is 6.18. The summed E-state index contributed by atoms with van der Waals surface area (Å²) in [4.78, 5) is 42.6. The highest BCUT2D eigenvalue weighted by molar-refractivity contribution is 7.99. The smallest absolute Gasteiger partial charge is 0.286 e. The first kappa shape index (κ1) is 28.3. The van der Waals surface area contributed by atoms with E-state index >= 15 is 0 Å². The predicted molar refractivity (Wildman–Crippen MR) is 146 cm³/mol. The summed E-state index contributed by atoms with van der Waals surface area (Å²) in [5.41, 5.74) is -0.564. The lowest BCUT2D eigenvalue weighted by atomic mass is 9.80. The van der Waals surface area contributed by atoms with Crippen LogP contribution in [0.4, 0.5) is 0 Å². The van der Waals surface area contributed by atoms with Crippen LogP contribution >= 0.6 is 11.8 Å². The number of ketones is 1. The van der Waals surface area contributed by atoms with E-state index < -0.39 is 17.4 Å². The number of carbonyl (C=O) groups is 3. The van der Waals surface area contributed by atoms with Crippen molar-refractivity contribution >= 4 is 29.4 Å². The number of hydrogen-bond acceptors (Lipinski definition) is 8. The van der Waals surface area contributed by atoms with E-state index in [1.165, 1.54) is 11.8 Å². The summed E-state index contributed by atoms with van der Waals surface area (Å²) in [7, 11) is 2.11. The molecule has 1 aliphatic carbocycles. The van der Waals surface area contributed by atoms with Crippen molar-refractivity contribution in [3.63, 3.8) is 0 Å². The second-order valence-corrected chi connectivity index (χ2v) is 12.2. The zero-order valence-corrected chi connectivity index (χ0v) is 23.4. The third-order valence-corrected chi connectivity index (χ3v) is 8.58. The number of rotatable bonds is 10. The first-order chi connectivity index (χ1) is 18.3. The first-order valence-electron chi connectivity index (χ1n) is 13.7. The fourth-order valence-electron chi connectivity index (χ4n) is 5.19. The summed E-state index contributed by atoms with van der Waals surface area (Å²) >= 11 is 1.52. The van der Waals surface area contributed by atoms with Gasteiger partial charge in [0.25, 0.3) is 17.0 Å². The van der Waals surface area contributed by atoms with Crippen molar-refractivity contribution in [3.8, 4) is 0 Å². The van der Waals surface area contributed by atoms with Crippen molar-refractivity contribution in [3.05, 3.63) is 41.8 Å². The number of nitrogens with one attached hydrogen (secondary N) is 2. The lowest BCUT2D eigenvalue weighted by molar-refractivity contribution is -0.129. The lowest BCUT2D eigenvalue weighted by Gasteiger charge is -2.37. The number of nitrogens with zero attached hydrogens (tertiary/aromatic N) is 3. The fourth-order valence-corrected chi connectivity index (χ4v) is 6.14. The molecule has 0 bridgehead atoms. The number of aromatic nitrogens is 2. The van der Waals surface area contributed by atoms with Crippen molar-refractivity contribution in [2.75, 3.05) is 20.1 Å². The molecule has 2 aliphatic rings. The Hall–Kier alpha value is -2.72. The van der Waals surface area contributed by atoms with Gasteiger partial charge in [0.05, 0.1) is 6.04 Å². The zero-order chi connectivity index (χ0) is 27.1. The van der Waals surface area contributed by atoms with Gasteiger partial charge < -0.3 is 20.0 Å². The topological polar surface area (TPSA) is 117 Å². The van der Waals surface area contributed by atoms with Gasteiger partial charge in [0.1, 0.15) is 5.54 Å². The summed E-state index contributed by atoms with van der Waals surface area (Å²) in [6.45, 7) is 6.02. The summed E-state index contributed by atoms with van der Waals surface area (Å²) in [5, 5.41) is 14.9. The van der Waals surface area contributed by atoms with Gasteiger partial charge in [-0.1, -0.05) is 63.1 Å². The fraction of sp³-hybridized carbons (Fsp3) is 0.607. The standard InChI is InChI=1S/C28H39N5O4S/c1-19(2)18-22(23(34)25-31-32-27(37-25)38-21-12-16-33(3)17-13-21)29-26(36)28(14-8-5-9-15-28)30-24(35)20-10-6-4-7-11-20/h4,6-7,10-11,19,21-22H,5,8-9,12-18H2,1-3H3,(H,29,36)(H,30,35). The predicted octanol–water partition coefficient (Wildman–Crippen LogP) is 4.10. The normalized spacial score (nSPS) is 19.2. The van der Waals surface area contributed by atoms with Crippen LogP contribution in [0.15, 0.2) is 40.0 Å². The van der Waals surface area contributed by atoms with Gasteiger partial charge in [-0.15, -0.1) is 10.2 Å². The van der Waals surface area contributed by atoms with Crippen LogP contribution < -0.4 is 10.6 Å². The molecule has 4 rings (SSSR count). The van der Waals surface area contributed by atoms with Gasteiger partial charge in [-0.3, -0.25) is 14.4 Å². The van der Waals surface area contributed by atoms with Gasteiger partial charge in [-0.05, 0) is 70.3 Å². The molecule has 1 saturated carbocycles. The van der Waals surface area contributed by atoms with E-state index in [1.54, 1.807) is 24.3 Å². The number of amides is 2. The van der Waals surface area contributed by atoms with E-state index in [9.17, 15) is 14.4 Å². The van der Waals surface area contributed by atoms with E-state index in [4.69, 9.17) is 4.42 Å². The highest BCUT2D eigenvalue weighted by Crippen LogP contribution is 2.31. The molecule has 2 N–H and O–H groups in total. The van der Waals surface area contributed by atoms with Crippen LogP contribution in [-0.2, 0) is 4.79 Å². The first-order valence-corrected chi connectivity index (χ1v) is 14.5. The van der Waals surface area contributed by atoms with Gasteiger partial charge in [-0.25, -0.2) is 0 Å². The average Bonchev–Trinajstić information content (AvgIpc) is 3.38. The van der Waals surface area contributed by atoms with Crippen LogP contribution in [0.5, 0.6) is 0 Å². The molecule has 2 heterocycles. The Morgan fingerprint density at radius 2 is 1.76 bits per heavy atom.